The minimum absolute atomic E-state index is 0.272. The number of nitrogens with zero attached hydrogens (tertiary/aromatic N) is 2. The summed E-state index contributed by atoms with van der Waals surface area (Å²) in [5, 5.41) is 3.27. The minimum atomic E-state index is -3.41. The molecule has 3 rings (SSSR count). The van der Waals surface area contributed by atoms with E-state index in [1.807, 2.05) is 12.1 Å². The Balaban J connectivity index is 1.68. The van der Waals surface area contributed by atoms with Gasteiger partial charge in [0, 0.05) is 25.8 Å². The van der Waals surface area contributed by atoms with Crippen molar-refractivity contribution in [3.8, 4) is 0 Å². The third-order valence-electron chi connectivity index (χ3n) is 4.65. The fourth-order valence-corrected chi connectivity index (χ4v) is 4.62. The van der Waals surface area contributed by atoms with Gasteiger partial charge < -0.3 is 5.32 Å². The Hall–Kier alpha value is -1.92. The van der Waals surface area contributed by atoms with E-state index >= 15 is 0 Å². The largest absolute Gasteiger partial charge is 0.366 e. The SMILES string of the molecule is CCc1ccccc1CNc1ccc(S(=O)(=O)N2CCCCC2)cn1. The summed E-state index contributed by atoms with van der Waals surface area (Å²) in [5.41, 5.74) is 2.54. The zero-order valence-corrected chi connectivity index (χ0v) is 15.4. The number of aryl methyl sites for hydroxylation is 1. The van der Waals surface area contributed by atoms with Crippen molar-refractivity contribution < 1.29 is 8.42 Å². The van der Waals surface area contributed by atoms with E-state index in [9.17, 15) is 8.42 Å². The molecular formula is C19H25N3O2S. The first-order chi connectivity index (χ1) is 12.1. The van der Waals surface area contributed by atoms with Crippen molar-refractivity contribution >= 4 is 15.8 Å². The number of benzene rings is 1. The molecule has 0 bridgehead atoms. The van der Waals surface area contributed by atoms with Gasteiger partial charge in [-0.2, -0.15) is 4.31 Å². The Morgan fingerprint density at radius 1 is 1.04 bits per heavy atom. The lowest BCUT2D eigenvalue weighted by molar-refractivity contribution is 0.346. The molecule has 0 unspecified atom stereocenters. The lowest BCUT2D eigenvalue weighted by Gasteiger charge is -2.25. The van der Waals surface area contributed by atoms with Crippen LogP contribution >= 0.6 is 0 Å². The molecule has 0 atom stereocenters. The molecule has 1 aromatic heterocycles. The van der Waals surface area contributed by atoms with Crippen LogP contribution in [0.1, 0.15) is 37.3 Å². The van der Waals surface area contributed by atoms with Crippen LogP contribution in [0.2, 0.25) is 0 Å². The highest BCUT2D eigenvalue weighted by Gasteiger charge is 2.26. The topological polar surface area (TPSA) is 62.3 Å². The van der Waals surface area contributed by atoms with Gasteiger partial charge in [-0.05, 0) is 42.5 Å². The Bertz CT molecular complexity index is 798. The van der Waals surface area contributed by atoms with Gasteiger partial charge in [0.2, 0.25) is 10.0 Å². The summed E-state index contributed by atoms with van der Waals surface area (Å²) in [7, 11) is -3.41. The van der Waals surface area contributed by atoms with E-state index in [0.29, 0.717) is 25.5 Å². The fraction of sp³-hybridized carbons (Fsp3) is 0.421. The zero-order chi connectivity index (χ0) is 17.7. The first-order valence-electron chi connectivity index (χ1n) is 8.88. The number of pyridine rings is 1. The molecule has 0 radical (unpaired) electrons. The number of sulfonamides is 1. The standard InChI is InChI=1S/C19H25N3O2S/c1-2-16-8-4-5-9-17(16)14-20-19-11-10-18(15-21-19)25(23,24)22-12-6-3-7-13-22/h4-5,8-11,15H,2-3,6-7,12-14H2,1H3,(H,20,21). The number of piperidine rings is 1. The Morgan fingerprint density at radius 2 is 1.76 bits per heavy atom. The maximum atomic E-state index is 12.6. The van der Waals surface area contributed by atoms with E-state index < -0.39 is 10.0 Å². The first-order valence-corrected chi connectivity index (χ1v) is 10.3. The molecule has 5 nitrogen and oxygen atoms in total. The number of nitrogens with one attached hydrogen (secondary N) is 1. The first kappa shape index (κ1) is 17.9. The van der Waals surface area contributed by atoms with Crippen molar-refractivity contribution in [2.45, 2.75) is 44.0 Å². The summed E-state index contributed by atoms with van der Waals surface area (Å²) in [6.07, 6.45) is 5.41. The van der Waals surface area contributed by atoms with Crippen molar-refractivity contribution in [1.82, 2.24) is 9.29 Å². The van der Waals surface area contributed by atoms with Gasteiger partial charge in [0.05, 0.1) is 0 Å². The van der Waals surface area contributed by atoms with Crippen LogP contribution in [-0.4, -0.2) is 30.8 Å². The van der Waals surface area contributed by atoms with Gasteiger partial charge in [0.1, 0.15) is 10.7 Å². The van der Waals surface area contributed by atoms with Crippen LogP contribution in [0.4, 0.5) is 5.82 Å². The van der Waals surface area contributed by atoms with Gasteiger partial charge in [0.15, 0.2) is 0 Å². The molecule has 1 aromatic carbocycles. The molecule has 1 aliphatic heterocycles. The molecule has 2 aromatic rings. The number of rotatable bonds is 6. The van der Waals surface area contributed by atoms with Crippen LogP contribution in [0.5, 0.6) is 0 Å². The Morgan fingerprint density at radius 3 is 2.40 bits per heavy atom. The van der Waals surface area contributed by atoms with Crippen LogP contribution in [0.15, 0.2) is 47.5 Å². The van der Waals surface area contributed by atoms with Gasteiger partial charge in [-0.25, -0.2) is 13.4 Å². The zero-order valence-electron chi connectivity index (χ0n) is 14.6. The molecular weight excluding hydrogens is 334 g/mol. The highest BCUT2D eigenvalue weighted by molar-refractivity contribution is 7.89. The van der Waals surface area contributed by atoms with Crippen LogP contribution in [0.25, 0.3) is 0 Å². The summed E-state index contributed by atoms with van der Waals surface area (Å²) in [5.74, 6) is 0.684. The van der Waals surface area contributed by atoms with Gasteiger partial charge in [-0.3, -0.25) is 0 Å². The summed E-state index contributed by atoms with van der Waals surface area (Å²) < 4.78 is 26.8. The minimum Gasteiger partial charge on any atom is -0.366 e. The third-order valence-corrected chi connectivity index (χ3v) is 6.53. The number of hydrogen-bond donors (Lipinski definition) is 1. The normalized spacial score (nSPS) is 15.9. The quantitative estimate of drug-likeness (QED) is 0.858. The number of aromatic nitrogens is 1. The highest BCUT2D eigenvalue weighted by Crippen LogP contribution is 2.21. The molecule has 1 N–H and O–H groups in total. The number of anilines is 1. The van der Waals surface area contributed by atoms with Gasteiger partial charge >= 0.3 is 0 Å². The molecule has 1 fully saturated rings. The third kappa shape index (κ3) is 4.19. The van der Waals surface area contributed by atoms with Gasteiger partial charge in [-0.1, -0.05) is 37.6 Å². The molecule has 1 saturated heterocycles. The molecule has 25 heavy (non-hydrogen) atoms. The van der Waals surface area contributed by atoms with Crippen molar-refractivity contribution in [3.63, 3.8) is 0 Å². The summed E-state index contributed by atoms with van der Waals surface area (Å²) in [6, 6.07) is 11.7. The molecule has 0 spiro atoms. The lowest BCUT2D eigenvalue weighted by Crippen LogP contribution is -2.35. The van der Waals surface area contributed by atoms with E-state index in [4.69, 9.17) is 0 Å². The molecule has 2 heterocycles. The average molecular weight is 359 g/mol. The molecule has 134 valence electrons. The fourth-order valence-electron chi connectivity index (χ4n) is 3.15. The Labute approximate surface area is 150 Å². The van der Waals surface area contributed by atoms with Crippen molar-refractivity contribution in [2.75, 3.05) is 18.4 Å². The van der Waals surface area contributed by atoms with Crippen LogP contribution in [0.3, 0.4) is 0 Å². The molecule has 0 aliphatic carbocycles. The second-order valence-electron chi connectivity index (χ2n) is 6.32. The lowest BCUT2D eigenvalue weighted by atomic mass is 10.1. The molecule has 0 saturated carbocycles. The number of hydrogen-bond acceptors (Lipinski definition) is 4. The predicted molar refractivity (Wildman–Crippen MR) is 100.0 cm³/mol. The van der Waals surface area contributed by atoms with E-state index in [0.717, 1.165) is 25.7 Å². The van der Waals surface area contributed by atoms with Crippen LogP contribution in [0, 0.1) is 0 Å². The van der Waals surface area contributed by atoms with E-state index in [-0.39, 0.29) is 4.90 Å². The van der Waals surface area contributed by atoms with Crippen LogP contribution < -0.4 is 5.32 Å². The van der Waals surface area contributed by atoms with Crippen molar-refractivity contribution in [3.05, 3.63) is 53.7 Å². The second kappa shape index (κ2) is 7.97. The van der Waals surface area contributed by atoms with Crippen LogP contribution in [-0.2, 0) is 23.0 Å². The van der Waals surface area contributed by atoms with E-state index in [1.165, 1.54) is 17.3 Å². The monoisotopic (exact) mass is 359 g/mol. The smallest absolute Gasteiger partial charge is 0.244 e. The van der Waals surface area contributed by atoms with Crippen molar-refractivity contribution in [2.24, 2.45) is 0 Å². The van der Waals surface area contributed by atoms with E-state index in [1.54, 1.807) is 16.4 Å². The summed E-state index contributed by atoms with van der Waals surface area (Å²) in [6.45, 7) is 4.03. The predicted octanol–water partition coefficient (Wildman–Crippen LogP) is 3.43. The Kier molecular flexibility index (Phi) is 5.71. The highest BCUT2D eigenvalue weighted by atomic mass is 32.2. The maximum absolute atomic E-state index is 12.6. The summed E-state index contributed by atoms with van der Waals surface area (Å²) >= 11 is 0. The van der Waals surface area contributed by atoms with Gasteiger partial charge in [0.25, 0.3) is 0 Å². The van der Waals surface area contributed by atoms with Crippen molar-refractivity contribution in [1.29, 1.82) is 0 Å². The summed E-state index contributed by atoms with van der Waals surface area (Å²) in [4.78, 5) is 4.57. The second-order valence-corrected chi connectivity index (χ2v) is 8.26. The molecule has 6 heteroatoms. The molecule has 0 amide bonds. The molecule has 1 aliphatic rings. The van der Waals surface area contributed by atoms with Gasteiger partial charge in [-0.15, -0.1) is 0 Å². The van der Waals surface area contributed by atoms with E-state index in [2.05, 4.69) is 29.4 Å². The maximum Gasteiger partial charge on any atom is 0.244 e. The average Bonchev–Trinajstić information content (AvgIpc) is 2.67.